The van der Waals surface area contributed by atoms with Gasteiger partial charge in [-0.2, -0.15) is 5.26 Å². The molecule has 0 saturated heterocycles. The number of nitrogens with zero attached hydrogens (tertiary/aromatic N) is 2. The number of amides is 3. The summed E-state index contributed by atoms with van der Waals surface area (Å²) in [6.07, 6.45) is 2.21. The van der Waals surface area contributed by atoms with Crippen molar-refractivity contribution in [1.29, 1.82) is 5.26 Å². The van der Waals surface area contributed by atoms with E-state index in [1.807, 2.05) is 133 Å². The number of nitriles is 1. The molecule has 0 aromatic heterocycles. The standard InChI is InChI=1S/C67H76N5O8PS/c1-50(2)72(51(3)4)81(79-44-20-40-68)80-45-21-42-70-64(74)53-47-52(63(73)69-41-19-39-66(55-23-11-7-12-24-55,56-31-35-61(77-5)36-32-56)57-33-37-62(78-6)38-34-57)48-54(49-53)65(75)71-43-22-46-82(76)67(58-25-13-8-14-26-58,59-27-15-9-16-28-59)60-29-17-10-18-30-60/h7-18,23-38,47-51H,19-22,39,41-46H2,1-6H3,(H,69,73)(H,70,74)(H,71,75). The Morgan fingerprint density at radius 2 is 0.890 bits per heavy atom. The Labute approximate surface area is 488 Å². The molecule has 0 aliphatic heterocycles. The molecule has 3 N–H and O–H groups in total. The lowest BCUT2D eigenvalue weighted by molar-refractivity contribution is 0.0950. The monoisotopic (exact) mass is 1140 g/mol. The van der Waals surface area contributed by atoms with Crippen LogP contribution in [-0.4, -0.2) is 91.5 Å². The minimum Gasteiger partial charge on any atom is -0.497 e. The molecule has 13 nitrogen and oxygen atoms in total. The number of benzene rings is 7. The van der Waals surface area contributed by atoms with Gasteiger partial charge in [-0.05, 0) is 129 Å². The Hall–Kier alpha value is -7.50. The first-order valence-electron chi connectivity index (χ1n) is 28.0. The van der Waals surface area contributed by atoms with Gasteiger partial charge in [0.25, 0.3) is 26.2 Å². The molecule has 3 amide bonds. The van der Waals surface area contributed by atoms with Gasteiger partial charge in [0.05, 0.1) is 39.9 Å². The van der Waals surface area contributed by atoms with Gasteiger partial charge in [0, 0.05) is 70.4 Å². The van der Waals surface area contributed by atoms with E-state index in [0.29, 0.717) is 25.7 Å². The van der Waals surface area contributed by atoms with Crippen molar-refractivity contribution in [3.05, 3.63) is 238 Å². The highest BCUT2D eigenvalue weighted by atomic mass is 32.2. The topological polar surface area (TPSA) is 168 Å². The van der Waals surface area contributed by atoms with E-state index in [1.54, 1.807) is 14.2 Å². The van der Waals surface area contributed by atoms with E-state index in [0.717, 1.165) is 44.9 Å². The first-order valence-corrected chi connectivity index (χ1v) is 30.4. The largest absolute Gasteiger partial charge is 0.497 e. The van der Waals surface area contributed by atoms with Crippen LogP contribution >= 0.6 is 8.53 Å². The highest BCUT2D eigenvalue weighted by Crippen LogP contribution is 2.47. The predicted molar refractivity (Wildman–Crippen MR) is 328 cm³/mol. The summed E-state index contributed by atoms with van der Waals surface area (Å²) in [6, 6.07) is 62.9. The number of ether oxygens (including phenoxy) is 2. The molecule has 7 rings (SSSR count). The molecule has 2 atom stereocenters. The molecule has 0 aliphatic carbocycles. The summed E-state index contributed by atoms with van der Waals surface area (Å²) >= 11 is 0. The average molecular weight is 1140 g/mol. The number of rotatable bonds is 31. The molecule has 0 fully saturated rings. The second-order valence-corrected chi connectivity index (χ2v) is 23.5. The maximum atomic E-state index is 15.0. The van der Waals surface area contributed by atoms with Crippen molar-refractivity contribution < 1.29 is 37.1 Å². The summed E-state index contributed by atoms with van der Waals surface area (Å²) in [6.45, 7) is 9.48. The zero-order chi connectivity index (χ0) is 58.3. The van der Waals surface area contributed by atoms with Crippen LogP contribution in [0.4, 0.5) is 0 Å². The van der Waals surface area contributed by atoms with Gasteiger partial charge in [-0.3, -0.25) is 18.6 Å². The third kappa shape index (κ3) is 15.5. The highest BCUT2D eigenvalue weighted by Gasteiger charge is 2.42. The van der Waals surface area contributed by atoms with Gasteiger partial charge in [0.1, 0.15) is 16.2 Å². The van der Waals surface area contributed by atoms with E-state index in [-0.39, 0.29) is 73.8 Å². The van der Waals surface area contributed by atoms with E-state index in [1.165, 1.54) is 18.2 Å². The van der Waals surface area contributed by atoms with Crippen LogP contribution in [0.2, 0.25) is 0 Å². The molecule has 428 valence electrons. The lowest BCUT2D eigenvalue weighted by Crippen LogP contribution is -2.36. The molecule has 7 aromatic carbocycles. The Kier molecular flexibility index (Phi) is 23.5. The van der Waals surface area contributed by atoms with Crippen LogP contribution in [0.3, 0.4) is 0 Å². The number of methoxy groups -OCH3 is 2. The highest BCUT2D eigenvalue weighted by molar-refractivity contribution is 7.86. The maximum Gasteiger partial charge on any atom is 0.259 e. The van der Waals surface area contributed by atoms with E-state index in [2.05, 4.69) is 90.8 Å². The molecule has 0 bridgehead atoms. The van der Waals surface area contributed by atoms with Gasteiger partial charge in [0.15, 0.2) is 0 Å². The van der Waals surface area contributed by atoms with Crippen molar-refractivity contribution in [3.8, 4) is 17.6 Å². The van der Waals surface area contributed by atoms with Crippen LogP contribution < -0.4 is 25.4 Å². The molecule has 0 radical (unpaired) electrons. The van der Waals surface area contributed by atoms with Gasteiger partial charge >= 0.3 is 0 Å². The second-order valence-electron chi connectivity index (χ2n) is 20.3. The number of hydrogen-bond donors (Lipinski definition) is 3. The van der Waals surface area contributed by atoms with Crippen molar-refractivity contribution in [2.24, 2.45) is 0 Å². The van der Waals surface area contributed by atoms with Crippen molar-refractivity contribution in [1.82, 2.24) is 20.6 Å². The molecule has 2 unspecified atom stereocenters. The van der Waals surface area contributed by atoms with E-state index in [4.69, 9.17) is 23.8 Å². The molecule has 0 spiro atoms. The molecular weight excluding hydrogens is 1070 g/mol. The molecular formula is C67H76N5O8PS. The smallest absolute Gasteiger partial charge is 0.259 e. The molecule has 15 heteroatoms. The van der Waals surface area contributed by atoms with Crippen molar-refractivity contribution >= 4 is 37.0 Å². The normalized spacial score (nSPS) is 12.3. The Balaban J connectivity index is 1.10. The van der Waals surface area contributed by atoms with Gasteiger partial charge in [-0.1, -0.05) is 146 Å². The van der Waals surface area contributed by atoms with E-state index < -0.39 is 47.2 Å². The van der Waals surface area contributed by atoms with Crippen LogP contribution in [-0.2, 0) is 30.0 Å². The summed E-state index contributed by atoms with van der Waals surface area (Å²) < 4.78 is 39.6. The Morgan fingerprint density at radius 3 is 1.28 bits per heavy atom. The van der Waals surface area contributed by atoms with Crippen LogP contribution in [0.1, 0.15) is 124 Å². The maximum absolute atomic E-state index is 15.0. The molecule has 0 aliphatic rings. The quantitative estimate of drug-likeness (QED) is 0.0216. The van der Waals surface area contributed by atoms with Crippen LogP contribution in [0.15, 0.2) is 188 Å². The third-order valence-corrected chi connectivity index (χ3v) is 18.5. The number of carbonyl (C=O) groups excluding carboxylic acids is 3. The zero-order valence-corrected chi connectivity index (χ0v) is 49.6. The fourth-order valence-electron chi connectivity index (χ4n) is 10.5. The number of carbonyl (C=O) groups is 3. The SMILES string of the molecule is COc1ccc(C(CCCNC(=O)c2cc(C(=O)NCCCOP(OCCC#N)N(C(C)C)C(C)C)cc(C(=O)NCCCS(=O)C(c3ccccc3)(c3ccccc3)c3ccccc3)c2)(c2ccccc2)c2ccc(OC)cc2)cc1. The van der Waals surface area contributed by atoms with E-state index in [9.17, 15) is 14.4 Å². The summed E-state index contributed by atoms with van der Waals surface area (Å²) in [5, 5.41) is 18.2. The minimum absolute atomic E-state index is 0.124. The summed E-state index contributed by atoms with van der Waals surface area (Å²) in [4.78, 5) is 42.7. The van der Waals surface area contributed by atoms with Crippen molar-refractivity contribution in [2.45, 2.75) is 82.0 Å². The lowest BCUT2D eigenvalue weighted by Gasteiger charge is -2.36. The molecule has 7 aromatic rings. The summed E-state index contributed by atoms with van der Waals surface area (Å²) in [7, 11) is 0.317. The number of hydrogen-bond acceptors (Lipinski definition) is 10. The molecule has 82 heavy (non-hydrogen) atoms. The summed E-state index contributed by atoms with van der Waals surface area (Å²) in [5.41, 5.74) is 5.61. The number of nitrogens with one attached hydrogen (secondary N) is 3. The van der Waals surface area contributed by atoms with Crippen LogP contribution in [0.5, 0.6) is 11.5 Å². The van der Waals surface area contributed by atoms with Gasteiger partial charge in [-0.25, -0.2) is 4.67 Å². The van der Waals surface area contributed by atoms with Crippen LogP contribution in [0.25, 0.3) is 0 Å². The zero-order valence-electron chi connectivity index (χ0n) is 47.8. The Morgan fingerprint density at radius 1 is 0.524 bits per heavy atom. The second kappa shape index (κ2) is 31.1. The van der Waals surface area contributed by atoms with Crippen molar-refractivity contribution in [2.75, 3.05) is 52.8 Å². The fraction of sp³-hybridized carbons (Fsp3) is 0.313. The lowest BCUT2D eigenvalue weighted by atomic mass is 9.66. The molecule has 0 heterocycles. The van der Waals surface area contributed by atoms with E-state index >= 15 is 4.21 Å². The average Bonchev–Trinajstić information content (AvgIpc) is 1.99. The van der Waals surface area contributed by atoms with Gasteiger partial charge < -0.3 is 34.5 Å². The van der Waals surface area contributed by atoms with Gasteiger partial charge in [0.2, 0.25) is 0 Å². The Bertz CT molecular complexity index is 3030. The predicted octanol–water partition coefficient (Wildman–Crippen LogP) is 12.5. The van der Waals surface area contributed by atoms with Crippen LogP contribution in [0, 0.1) is 11.3 Å². The third-order valence-electron chi connectivity index (χ3n) is 14.3. The first-order chi connectivity index (χ1) is 39.9. The van der Waals surface area contributed by atoms with Gasteiger partial charge in [-0.15, -0.1) is 0 Å². The summed E-state index contributed by atoms with van der Waals surface area (Å²) in [5.74, 6) is 0.317. The first kappa shape index (κ1) is 62.1. The van der Waals surface area contributed by atoms with Crippen molar-refractivity contribution in [3.63, 3.8) is 0 Å². The fourth-order valence-corrected chi connectivity index (χ4v) is 14.0. The molecule has 0 saturated carbocycles. The minimum atomic E-state index is -1.51.